The van der Waals surface area contributed by atoms with Crippen molar-refractivity contribution >= 4 is 23.5 Å². The van der Waals surface area contributed by atoms with Gasteiger partial charge in [-0.05, 0) is 43.0 Å². The van der Waals surface area contributed by atoms with Crippen molar-refractivity contribution in [3.63, 3.8) is 0 Å². The van der Waals surface area contributed by atoms with Crippen LogP contribution in [0, 0.1) is 5.92 Å². The van der Waals surface area contributed by atoms with Crippen LogP contribution in [0.2, 0.25) is 0 Å². The highest BCUT2D eigenvalue weighted by Crippen LogP contribution is 2.15. The Morgan fingerprint density at radius 1 is 1.04 bits per heavy atom. The number of carbonyl (C=O) groups excluding carboxylic acids is 3. The van der Waals surface area contributed by atoms with Crippen LogP contribution in [0.3, 0.4) is 0 Å². The van der Waals surface area contributed by atoms with Gasteiger partial charge in [-0.2, -0.15) is 0 Å². The quantitative estimate of drug-likeness (QED) is 0.527. The second-order valence-corrected chi connectivity index (χ2v) is 6.69. The number of anilines is 1. The van der Waals surface area contributed by atoms with E-state index in [0.29, 0.717) is 18.7 Å². The molecular formula is C20H30N2O6. The van der Waals surface area contributed by atoms with E-state index in [1.165, 1.54) is 7.11 Å². The van der Waals surface area contributed by atoms with Crippen LogP contribution in [0.4, 0.5) is 5.69 Å². The van der Waals surface area contributed by atoms with Gasteiger partial charge in [0.15, 0.2) is 0 Å². The minimum atomic E-state index is -0.733. The first-order valence-electron chi connectivity index (χ1n) is 9.33. The molecule has 156 valence electrons. The lowest BCUT2D eigenvalue weighted by Gasteiger charge is -2.18. The molecule has 0 heterocycles. The van der Waals surface area contributed by atoms with Crippen molar-refractivity contribution in [1.29, 1.82) is 0 Å². The summed E-state index contributed by atoms with van der Waals surface area (Å²) >= 11 is 0. The van der Waals surface area contributed by atoms with E-state index in [9.17, 15) is 14.4 Å². The van der Waals surface area contributed by atoms with Gasteiger partial charge in [-0.25, -0.2) is 4.79 Å². The van der Waals surface area contributed by atoms with Crippen molar-refractivity contribution in [1.82, 2.24) is 5.32 Å². The van der Waals surface area contributed by atoms with E-state index < -0.39 is 17.9 Å². The average molecular weight is 394 g/mol. The van der Waals surface area contributed by atoms with Gasteiger partial charge in [-0.3, -0.25) is 9.59 Å². The molecule has 1 aromatic rings. The molecule has 1 rings (SSSR count). The van der Waals surface area contributed by atoms with Crippen LogP contribution in [0.5, 0.6) is 5.75 Å². The molecule has 0 saturated heterocycles. The Labute approximate surface area is 165 Å². The van der Waals surface area contributed by atoms with Crippen LogP contribution >= 0.6 is 0 Å². The standard InChI is InChI=1S/C20H30N2O6/c1-5-10-28-16-8-6-15(7-9-16)21-18(23)12-27-13-19(24)22-17(11-14(2)3)20(25)26-4/h6-9,14,17H,5,10-13H2,1-4H3,(H,21,23)(H,22,24). The molecule has 0 fully saturated rings. The third-order valence-corrected chi connectivity index (χ3v) is 3.61. The van der Waals surface area contributed by atoms with Gasteiger partial charge in [0.05, 0.1) is 13.7 Å². The van der Waals surface area contributed by atoms with E-state index in [4.69, 9.17) is 9.47 Å². The van der Waals surface area contributed by atoms with Crippen molar-refractivity contribution < 1.29 is 28.6 Å². The van der Waals surface area contributed by atoms with E-state index in [0.717, 1.165) is 12.2 Å². The Bertz CT molecular complexity index is 630. The number of ether oxygens (including phenoxy) is 3. The smallest absolute Gasteiger partial charge is 0.328 e. The molecule has 8 heteroatoms. The zero-order valence-corrected chi connectivity index (χ0v) is 16.9. The maximum Gasteiger partial charge on any atom is 0.328 e. The SMILES string of the molecule is CCCOc1ccc(NC(=O)COCC(=O)NC(CC(C)C)C(=O)OC)cc1. The summed E-state index contributed by atoms with van der Waals surface area (Å²) in [7, 11) is 1.27. The van der Waals surface area contributed by atoms with Crippen LogP contribution in [0.1, 0.15) is 33.6 Å². The first kappa shape index (κ1) is 23.4. The van der Waals surface area contributed by atoms with Crippen LogP contribution in [0.15, 0.2) is 24.3 Å². The summed E-state index contributed by atoms with van der Waals surface area (Å²) in [6, 6.07) is 6.25. The van der Waals surface area contributed by atoms with Crippen molar-refractivity contribution in [2.24, 2.45) is 5.92 Å². The fourth-order valence-electron chi connectivity index (χ4n) is 2.35. The molecule has 8 nitrogen and oxygen atoms in total. The van der Waals surface area contributed by atoms with E-state index in [1.54, 1.807) is 24.3 Å². The molecule has 0 aliphatic rings. The minimum absolute atomic E-state index is 0.204. The van der Waals surface area contributed by atoms with E-state index in [-0.39, 0.29) is 25.0 Å². The molecule has 2 N–H and O–H groups in total. The monoisotopic (exact) mass is 394 g/mol. The van der Waals surface area contributed by atoms with Gasteiger partial charge in [-0.1, -0.05) is 20.8 Å². The van der Waals surface area contributed by atoms with Gasteiger partial charge in [0.1, 0.15) is 25.0 Å². The fourth-order valence-corrected chi connectivity index (χ4v) is 2.35. The van der Waals surface area contributed by atoms with Crippen LogP contribution in [-0.2, 0) is 23.9 Å². The Kier molecular flexibility index (Phi) is 10.6. The Hall–Kier alpha value is -2.61. The Morgan fingerprint density at radius 3 is 2.25 bits per heavy atom. The summed E-state index contributed by atoms with van der Waals surface area (Å²) in [6.45, 7) is 5.92. The molecule has 0 aliphatic carbocycles. The van der Waals surface area contributed by atoms with Crippen LogP contribution < -0.4 is 15.4 Å². The molecular weight excluding hydrogens is 364 g/mol. The number of rotatable bonds is 12. The second-order valence-electron chi connectivity index (χ2n) is 6.69. The number of benzene rings is 1. The first-order chi connectivity index (χ1) is 13.3. The number of hydrogen-bond acceptors (Lipinski definition) is 6. The maximum atomic E-state index is 11.9. The number of esters is 1. The average Bonchev–Trinajstić information content (AvgIpc) is 2.66. The number of nitrogens with one attached hydrogen (secondary N) is 2. The molecule has 1 unspecified atom stereocenters. The lowest BCUT2D eigenvalue weighted by Crippen LogP contribution is -2.44. The molecule has 1 atom stereocenters. The number of methoxy groups -OCH3 is 1. The molecule has 0 spiro atoms. The zero-order chi connectivity index (χ0) is 20.9. The van der Waals surface area contributed by atoms with Crippen molar-refractivity contribution in [3.8, 4) is 5.75 Å². The van der Waals surface area contributed by atoms with Gasteiger partial charge < -0.3 is 24.8 Å². The molecule has 0 saturated carbocycles. The Balaban J connectivity index is 2.36. The molecule has 0 radical (unpaired) electrons. The Morgan fingerprint density at radius 2 is 1.68 bits per heavy atom. The van der Waals surface area contributed by atoms with Gasteiger partial charge in [0.25, 0.3) is 0 Å². The van der Waals surface area contributed by atoms with Gasteiger partial charge >= 0.3 is 5.97 Å². The summed E-state index contributed by atoms with van der Waals surface area (Å²) < 4.78 is 15.3. The van der Waals surface area contributed by atoms with Gasteiger partial charge in [0, 0.05) is 5.69 Å². The fraction of sp³-hybridized carbons (Fsp3) is 0.550. The summed E-state index contributed by atoms with van der Waals surface area (Å²) in [6.07, 6.45) is 1.37. The summed E-state index contributed by atoms with van der Waals surface area (Å²) in [5.41, 5.74) is 0.601. The summed E-state index contributed by atoms with van der Waals surface area (Å²) in [5, 5.41) is 5.23. The predicted octanol–water partition coefficient (Wildman–Crippen LogP) is 2.13. The molecule has 1 aromatic carbocycles. The van der Waals surface area contributed by atoms with E-state index >= 15 is 0 Å². The van der Waals surface area contributed by atoms with Gasteiger partial charge in [0.2, 0.25) is 11.8 Å². The highest BCUT2D eigenvalue weighted by atomic mass is 16.5. The minimum Gasteiger partial charge on any atom is -0.494 e. The second kappa shape index (κ2) is 12.7. The number of amides is 2. The van der Waals surface area contributed by atoms with E-state index in [2.05, 4.69) is 15.4 Å². The van der Waals surface area contributed by atoms with Crippen molar-refractivity contribution in [2.75, 3.05) is 32.2 Å². The number of hydrogen-bond donors (Lipinski definition) is 2. The summed E-state index contributed by atoms with van der Waals surface area (Å²) in [5.74, 6) is -0.446. The third-order valence-electron chi connectivity index (χ3n) is 3.61. The molecule has 28 heavy (non-hydrogen) atoms. The molecule has 0 bridgehead atoms. The maximum absolute atomic E-state index is 11.9. The third kappa shape index (κ3) is 9.36. The number of carbonyl (C=O) groups is 3. The molecule has 0 aromatic heterocycles. The summed E-state index contributed by atoms with van der Waals surface area (Å²) in [4.78, 5) is 35.5. The largest absolute Gasteiger partial charge is 0.494 e. The van der Waals surface area contributed by atoms with Gasteiger partial charge in [-0.15, -0.1) is 0 Å². The first-order valence-corrected chi connectivity index (χ1v) is 9.33. The highest BCUT2D eigenvalue weighted by molar-refractivity contribution is 5.92. The topological polar surface area (TPSA) is 103 Å². The van der Waals surface area contributed by atoms with Crippen molar-refractivity contribution in [3.05, 3.63) is 24.3 Å². The molecule has 0 aliphatic heterocycles. The zero-order valence-electron chi connectivity index (χ0n) is 16.9. The van der Waals surface area contributed by atoms with E-state index in [1.807, 2.05) is 20.8 Å². The lowest BCUT2D eigenvalue weighted by atomic mass is 10.0. The molecule has 2 amide bonds. The van der Waals surface area contributed by atoms with Crippen LogP contribution in [0.25, 0.3) is 0 Å². The van der Waals surface area contributed by atoms with Crippen LogP contribution in [-0.4, -0.2) is 50.8 Å². The van der Waals surface area contributed by atoms with Crippen molar-refractivity contribution in [2.45, 2.75) is 39.7 Å². The highest BCUT2D eigenvalue weighted by Gasteiger charge is 2.22. The normalized spacial score (nSPS) is 11.6. The predicted molar refractivity (Wildman–Crippen MR) is 105 cm³/mol. The lowest BCUT2D eigenvalue weighted by molar-refractivity contribution is -0.146.